The summed E-state index contributed by atoms with van der Waals surface area (Å²) >= 11 is 6.28. The van der Waals surface area contributed by atoms with Crippen LogP contribution in [0.5, 0.6) is 0 Å². The summed E-state index contributed by atoms with van der Waals surface area (Å²) in [5, 5.41) is 18.6. The summed E-state index contributed by atoms with van der Waals surface area (Å²) in [6, 6.07) is 12.0. The molecule has 1 saturated heterocycles. The number of halogens is 4. The van der Waals surface area contributed by atoms with Gasteiger partial charge in [-0.25, -0.2) is 9.78 Å². The van der Waals surface area contributed by atoms with Gasteiger partial charge < -0.3 is 15.2 Å². The maximum atomic E-state index is 10.6. The summed E-state index contributed by atoms with van der Waals surface area (Å²) in [5.74, 6) is -1.98. The highest BCUT2D eigenvalue weighted by molar-refractivity contribution is 6.30. The molecule has 8 nitrogen and oxygen atoms in total. The van der Waals surface area contributed by atoms with Gasteiger partial charge in [0, 0.05) is 42.6 Å². The Balaban J connectivity index is 0.000000406. The molecule has 3 N–H and O–H groups in total. The van der Waals surface area contributed by atoms with Gasteiger partial charge >= 0.3 is 12.1 Å². The zero-order valence-electron chi connectivity index (χ0n) is 17.9. The van der Waals surface area contributed by atoms with Gasteiger partial charge in [0.2, 0.25) is 0 Å². The molecular weight excluding hydrogens is 475 g/mol. The SMILES string of the molecule is Clc1cccc(C2(CNC(c3cccnc3)c3ncn[nH]3)CCOCC2)c1.O=C(O)C(F)(F)F. The van der Waals surface area contributed by atoms with E-state index in [0.29, 0.717) is 0 Å². The fourth-order valence-electron chi connectivity index (χ4n) is 3.72. The number of alkyl halides is 3. The number of ether oxygens (including phenoxy) is 1. The minimum atomic E-state index is -5.08. The Morgan fingerprint density at radius 1 is 1.26 bits per heavy atom. The van der Waals surface area contributed by atoms with Crippen LogP contribution in [0.2, 0.25) is 5.02 Å². The summed E-state index contributed by atoms with van der Waals surface area (Å²) in [6.07, 6.45) is 1.96. The van der Waals surface area contributed by atoms with Crippen LogP contribution in [0.3, 0.4) is 0 Å². The number of rotatable bonds is 6. The van der Waals surface area contributed by atoms with Crippen LogP contribution in [-0.2, 0) is 14.9 Å². The first-order chi connectivity index (χ1) is 16.2. The van der Waals surface area contributed by atoms with Crippen LogP contribution in [0.1, 0.15) is 35.8 Å². The van der Waals surface area contributed by atoms with E-state index in [1.807, 2.05) is 30.5 Å². The first-order valence-corrected chi connectivity index (χ1v) is 10.7. The van der Waals surface area contributed by atoms with E-state index >= 15 is 0 Å². The molecule has 0 amide bonds. The maximum absolute atomic E-state index is 10.6. The van der Waals surface area contributed by atoms with Gasteiger partial charge in [0.25, 0.3) is 0 Å². The average molecular weight is 498 g/mol. The van der Waals surface area contributed by atoms with E-state index in [1.165, 1.54) is 11.9 Å². The van der Waals surface area contributed by atoms with E-state index in [0.717, 1.165) is 49.0 Å². The van der Waals surface area contributed by atoms with Crippen molar-refractivity contribution in [2.45, 2.75) is 30.5 Å². The van der Waals surface area contributed by atoms with Crippen LogP contribution in [0.15, 0.2) is 55.1 Å². The summed E-state index contributed by atoms with van der Waals surface area (Å²) in [6.45, 7) is 2.26. The molecule has 1 aliphatic heterocycles. The lowest BCUT2D eigenvalue weighted by Crippen LogP contribution is -2.44. The lowest BCUT2D eigenvalue weighted by atomic mass is 9.74. The van der Waals surface area contributed by atoms with E-state index in [-0.39, 0.29) is 11.5 Å². The molecule has 12 heteroatoms. The second-order valence-electron chi connectivity index (χ2n) is 7.68. The van der Waals surface area contributed by atoms with Crippen molar-refractivity contribution in [1.82, 2.24) is 25.5 Å². The number of hydrogen-bond acceptors (Lipinski definition) is 6. The Morgan fingerprint density at radius 2 is 2.00 bits per heavy atom. The number of aliphatic carboxylic acids is 1. The smallest absolute Gasteiger partial charge is 0.475 e. The van der Waals surface area contributed by atoms with Crippen molar-refractivity contribution < 1.29 is 27.8 Å². The predicted molar refractivity (Wildman–Crippen MR) is 117 cm³/mol. The summed E-state index contributed by atoms with van der Waals surface area (Å²) < 4.78 is 37.4. The van der Waals surface area contributed by atoms with E-state index in [9.17, 15) is 13.2 Å². The van der Waals surface area contributed by atoms with Crippen LogP contribution in [-0.4, -0.2) is 57.2 Å². The number of H-pyrrole nitrogens is 1. The minimum absolute atomic E-state index is 0.0381. The zero-order valence-corrected chi connectivity index (χ0v) is 18.7. The molecule has 0 bridgehead atoms. The van der Waals surface area contributed by atoms with E-state index in [1.54, 1.807) is 6.20 Å². The van der Waals surface area contributed by atoms with Crippen molar-refractivity contribution in [3.63, 3.8) is 0 Å². The lowest BCUT2D eigenvalue weighted by molar-refractivity contribution is -0.192. The molecule has 34 heavy (non-hydrogen) atoms. The molecular formula is C22H23ClF3N5O3. The molecule has 0 saturated carbocycles. The minimum Gasteiger partial charge on any atom is -0.475 e. The van der Waals surface area contributed by atoms with E-state index in [4.69, 9.17) is 26.2 Å². The molecule has 1 aromatic carbocycles. The Kier molecular flexibility index (Phi) is 8.59. The number of nitrogens with one attached hydrogen (secondary N) is 2. The largest absolute Gasteiger partial charge is 0.490 e. The fourth-order valence-corrected chi connectivity index (χ4v) is 3.91. The Morgan fingerprint density at radius 3 is 2.56 bits per heavy atom. The monoisotopic (exact) mass is 497 g/mol. The molecule has 4 rings (SSSR count). The molecule has 0 spiro atoms. The number of carbonyl (C=O) groups is 1. The normalized spacial score (nSPS) is 16.2. The van der Waals surface area contributed by atoms with Crippen molar-refractivity contribution in [3.05, 3.63) is 77.1 Å². The molecule has 1 atom stereocenters. The van der Waals surface area contributed by atoms with Crippen molar-refractivity contribution in [1.29, 1.82) is 0 Å². The third kappa shape index (κ3) is 6.75. The van der Waals surface area contributed by atoms with Crippen molar-refractivity contribution in [3.8, 4) is 0 Å². The molecule has 3 aromatic rings. The molecule has 1 fully saturated rings. The first kappa shape index (κ1) is 25.6. The van der Waals surface area contributed by atoms with Gasteiger partial charge in [0.05, 0.1) is 6.04 Å². The van der Waals surface area contributed by atoms with Gasteiger partial charge in [0.15, 0.2) is 0 Å². The maximum Gasteiger partial charge on any atom is 0.490 e. The molecule has 0 aliphatic carbocycles. The van der Waals surface area contributed by atoms with Gasteiger partial charge in [-0.1, -0.05) is 29.8 Å². The third-order valence-electron chi connectivity index (χ3n) is 5.50. The number of aromatic nitrogens is 4. The highest BCUT2D eigenvalue weighted by Gasteiger charge is 2.38. The lowest BCUT2D eigenvalue weighted by Gasteiger charge is -2.39. The van der Waals surface area contributed by atoms with Gasteiger partial charge in [-0.05, 0) is 42.2 Å². The highest BCUT2D eigenvalue weighted by atomic mass is 35.5. The fraction of sp³-hybridized carbons (Fsp3) is 0.364. The molecule has 1 aliphatic rings. The summed E-state index contributed by atoms with van der Waals surface area (Å²) in [4.78, 5) is 17.5. The van der Waals surface area contributed by atoms with Crippen LogP contribution in [0.25, 0.3) is 0 Å². The summed E-state index contributed by atoms with van der Waals surface area (Å²) in [5.41, 5.74) is 2.25. The van der Waals surface area contributed by atoms with Gasteiger partial charge in [-0.3, -0.25) is 10.1 Å². The average Bonchev–Trinajstić information content (AvgIpc) is 3.35. The quantitative estimate of drug-likeness (QED) is 0.473. The van der Waals surface area contributed by atoms with Crippen LogP contribution >= 0.6 is 11.6 Å². The number of benzene rings is 1. The number of hydrogen-bond donors (Lipinski definition) is 3. The van der Waals surface area contributed by atoms with Crippen molar-refractivity contribution in [2.24, 2.45) is 0 Å². The molecule has 1 unspecified atom stereocenters. The number of nitrogens with zero attached hydrogens (tertiary/aromatic N) is 3. The topological polar surface area (TPSA) is 113 Å². The number of carboxylic acid groups (broad SMARTS) is 1. The second kappa shape index (κ2) is 11.4. The number of aromatic amines is 1. The summed E-state index contributed by atoms with van der Waals surface area (Å²) in [7, 11) is 0. The van der Waals surface area contributed by atoms with E-state index < -0.39 is 12.1 Å². The Labute approximate surface area is 198 Å². The Hall–Kier alpha value is -3.02. The van der Waals surface area contributed by atoms with Crippen LogP contribution in [0, 0.1) is 0 Å². The molecule has 182 valence electrons. The van der Waals surface area contributed by atoms with Gasteiger partial charge in [0.1, 0.15) is 12.2 Å². The van der Waals surface area contributed by atoms with Gasteiger partial charge in [-0.2, -0.15) is 18.3 Å². The van der Waals surface area contributed by atoms with Gasteiger partial charge in [-0.15, -0.1) is 0 Å². The molecule has 3 heterocycles. The standard InChI is InChI=1S/C20H22ClN5O.C2HF3O2/c21-17-5-1-4-16(11-17)20(6-9-27-10-7-20)13-23-18(19-24-14-25-26-19)15-3-2-8-22-12-15;3-2(4,5)1(6)7/h1-5,8,11-12,14,18,23H,6-7,9-10,13H2,(H,24,25,26);(H,6,7). The van der Waals surface area contributed by atoms with Crippen molar-refractivity contribution >= 4 is 17.6 Å². The van der Waals surface area contributed by atoms with Crippen molar-refractivity contribution in [2.75, 3.05) is 19.8 Å². The molecule has 0 radical (unpaired) electrons. The van der Waals surface area contributed by atoms with E-state index in [2.05, 4.69) is 37.6 Å². The predicted octanol–water partition coefficient (Wildman–Crippen LogP) is 3.91. The third-order valence-corrected chi connectivity index (χ3v) is 5.73. The first-order valence-electron chi connectivity index (χ1n) is 10.3. The molecule has 2 aromatic heterocycles. The Bertz CT molecular complexity index is 1050. The van der Waals surface area contributed by atoms with Crippen LogP contribution in [0.4, 0.5) is 13.2 Å². The zero-order chi connectivity index (χ0) is 24.6. The second-order valence-corrected chi connectivity index (χ2v) is 8.11. The number of pyridine rings is 1. The number of carboxylic acids is 1. The highest BCUT2D eigenvalue weighted by Crippen LogP contribution is 2.36. The van der Waals surface area contributed by atoms with Crippen LogP contribution < -0.4 is 5.32 Å².